The smallest absolute Gasteiger partial charge is 0.337 e. The van der Waals surface area contributed by atoms with Gasteiger partial charge in [0.2, 0.25) is 0 Å². The summed E-state index contributed by atoms with van der Waals surface area (Å²) in [5.41, 5.74) is 0.645. The lowest BCUT2D eigenvalue weighted by atomic mass is 10.2. The molecule has 0 N–H and O–H groups in total. The second-order valence-corrected chi connectivity index (χ2v) is 6.78. The van der Waals surface area contributed by atoms with Crippen molar-refractivity contribution in [3.63, 3.8) is 0 Å². The Labute approximate surface area is 154 Å². The van der Waals surface area contributed by atoms with Crippen LogP contribution in [-0.2, 0) is 17.8 Å². The van der Waals surface area contributed by atoms with Gasteiger partial charge in [-0.25, -0.2) is 14.3 Å². The normalized spacial score (nSPS) is 17.2. The molecule has 1 fully saturated rings. The van der Waals surface area contributed by atoms with Gasteiger partial charge in [0.1, 0.15) is 0 Å². The van der Waals surface area contributed by atoms with E-state index in [9.17, 15) is 9.59 Å². The molecule has 1 aromatic carbocycles. The third-order valence-corrected chi connectivity index (χ3v) is 4.99. The zero-order valence-electron chi connectivity index (χ0n) is 14.4. The number of aromatic nitrogens is 4. The molecule has 3 aromatic rings. The number of halogens is 1. The molecule has 1 aliphatic heterocycles. The summed E-state index contributed by atoms with van der Waals surface area (Å²) in [4.78, 5) is 30.5. The van der Waals surface area contributed by atoms with Gasteiger partial charge >= 0.3 is 5.69 Å². The van der Waals surface area contributed by atoms with E-state index in [1.54, 1.807) is 35.2 Å². The number of aryl methyl sites for hydroxylation is 1. The van der Waals surface area contributed by atoms with Gasteiger partial charge in [-0.1, -0.05) is 11.6 Å². The first kappa shape index (κ1) is 17.1. The highest BCUT2D eigenvalue weighted by Crippen LogP contribution is 2.17. The van der Waals surface area contributed by atoms with Crippen LogP contribution in [0.25, 0.3) is 16.9 Å². The zero-order valence-corrected chi connectivity index (χ0v) is 15.1. The average Bonchev–Trinajstić information content (AvgIpc) is 3.29. The molecule has 0 unspecified atom stereocenters. The minimum Gasteiger partial charge on any atom is -0.376 e. The fourth-order valence-corrected chi connectivity index (χ4v) is 3.52. The molecule has 7 nitrogen and oxygen atoms in total. The molecular weight excluding hydrogens is 356 g/mol. The van der Waals surface area contributed by atoms with Gasteiger partial charge in [-0.2, -0.15) is 0 Å². The lowest BCUT2D eigenvalue weighted by molar-refractivity contribution is 0.0950. The van der Waals surface area contributed by atoms with Crippen LogP contribution >= 0.6 is 11.6 Å². The Hall–Kier alpha value is -2.38. The Morgan fingerprint density at radius 2 is 2.04 bits per heavy atom. The molecule has 2 aromatic heterocycles. The molecule has 1 aliphatic rings. The third kappa shape index (κ3) is 2.77. The highest BCUT2D eigenvalue weighted by molar-refractivity contribution is 6.30. The predicted octanol–water partition coefficient (Wildman–Crippen LogP) is 2.20. The molecule has 4 rings (SSSR count). The summed E-state index contributed by atoms with van der Waals surface area (Å²) in [5.74, 6) is 0. The van der Waals surface area contributed by atoms with Crippen molar-refractivity contribution in [3.05, 3.63) is 56.5 Å². The van der Waals surface area contributed by atoms with E-state index in [1.807, 2.05) is 6.92 Å². The van der Waals surface area contributed by atoms with Crippen LogP contribution in [0, 0.1) is 0 Å². The largest absolute Gasteiger partial charge is 0.376 e. The van der Waals surface area contributed by atoms with Crippen LogP contribution in [0.5, 0.6) is 0 Å². The van der Waals surface area contributed by atoms with Crippen LogP contribution in [0.1, 0.15) is 19.8 Å². The van der Waals surface area contributed by atoms with E-state index in [-0.39, 0.29) is 18.2 Å². The Kier molecular flexibility index (Phi) is 4.42. The second-order valence-electron chi connectivity index (χ2n) is 6.35. The number of rotatable bonds is 4. The van der Waals surface area contributed by atoms with E-state index in [1.165, 1.54) is 9.13 Å². The van der Waals surface area contributed by atoms with Gasteiger partial charge in [0.25, 0.3) is 5.56 Å². The van der Waals surface area contributed by atoms with Crippen molar-refractivity contribution in [2.45, 2.75) is 39.0 Å². The fourth-order valence-electron chi connectivity index (χ4n) is 3.40. The molecule has 0 radical (unpaired) electrons. The van der Waals surface area contributed by atoms with Gasteiger partial charge in [-0.3, -0.25) is 9.36 Å². The summed E-state index contributed by atoms with van der Waals surface area (Å²) in [6.45, 7) is 3.43. The average molecular weight is 375 g/mol. The molecule has 0 bridgehead atoms. The highest BCUT2D eigenvalue weighted by Gasteiger charge is 2.23. The van der Waals surface area contributed by atoms with Crippen molar-refractivity contribution in [2.24, 2.45) is 0 Å². The predicted molar refractivity (Wildman–Crippen MR) is 99.2 cm³/mol. The van der Waals surface area contributed by atoms with Gasteiger partial charge in [0, 0.05) is 18.2 Å². The van der Waals surface area contributed by atoms with E-state index in [0.717, 1.165) is 12.8 Å². The minimum atomic E-state index is -0.415. The second kappa shape index (κ2) is 6.74. The Balaban J connectivity index is 2.00. The van der Waals surface area contributed by atoms with Crippen molar-refractivity contribution in [1.29, 1.82) is 0 Å². The number of benzene rings is 1. The minimum absolute atomic E-state index is 0.116. The summed E-state index contributed by atoms with van der Waals surface area (Å²) in [5, 5.41) is 0.574. The maximum atomic E-state index is 13.2. The molecule has 1 atom stereocenters. The Morgan fingerprint density at radius 3 is 2.69 bits per heavy atom. The summed E-state index contributed by atoms with van der Waals surface area (Å²) < 4.78 is 10.1. The maximum Gasteiger partial charge on any atom is 0.337 e. The van der Waals surface area contributed by atoms with Gasteiger partial charge in [0.15, 0.2) is 11.2 Å². The monoisotopic (exact) mass is 374 g/mol. The molecule has 0 spiro atoms. The number of hydrogen-bond acceptors (Lipinski definition) is 4. The molecular formula is C18H19ClN4O3. The van der Waals surface area contributed by atoms with Gasteiger partial charge in [0.05, 0.1) is 24.7 Å². The molecule has 1 saturated heterocycles. The van der Waals surface area contributed by atoms with Crippen LogP contribution in [0.2, 0.25) is 5.02 Å². The Bertz CT molecular complexity index is 1060. The summed E-state index contributed by atoms with van der Waals surface area (Å²) in [6.07, 6.45) is 3.26. The summed E-state index contributed by atoms with van der Waals surface area (Å²) >= 11 is 5.97. The molecule has 0 amide bonds. The molecule has 3 heterocycles. The van der Waals surface area contributed by atoms with E-state index < -0.39 is 5.69 Å². The fraction of sp³-hybridized carbons (Fsp3) is 0.389. The lowest BCUT2D eigenvalue weighted by Crippen LogP contribution is -2.42. The van der Waals surface area contributed by atoms with Crippen molar-refractivity contribution in [1.82, 2.24) is 18.7 Å². The first-order chi connectivity index (χ1) is 12.6. The molecule has 0 saturated carbocycles. The van der Waals surface area contributed by atoms with Crippen LogP contribution < -0.4 is 11.2 Å². The lowest BCUT2D eigenvalue weighted by Gasteiger charge is -2.15. The number of imidazole rings is 1. The third-order valence-electron chi connectivity index (χ3n) is 4.74. The maximum absolute atomic E-state index is 13.2. The SMILES string of the molecule is CCn1cnc2c1c(=O)n(C[C@H]1CCCO1)c(=O)n2-c1ccc(Cl)cc1. The topological polar surface area (TPSA) is 71.1 Å². The molecule has 0 aliphatic carbocycles. The number of fused-ring (bicyclic) bond motifs is 1. The van der Waals surface area contributed by atoms with Crippen molar-refractivity contribution >= 4 is 22.8 Å². The summed E-state index contributed by atoms with van der Waals surface area (Å²) in [6, 6.07) is 6.91. The molecule has 136 valence electrons. The van der Waals surface area contributed by atoms with Crippen LogP contribution in [0.3, 0.4) is 0 Å². The number of ether oxygens (including phenoxy) is 1. The number of hydrogen-bond donors (Lipinski definition) is 0. The van der Waals surface area contributed by atoms with E-state index in [0.29, 0.717) is 35.0 Å². The van der Waals surface area contributed by atoms with Gasteiger partial charge in [-0.05, 0) is 44.0 Å². The first-order valence-corrected chi connectivity index (χ1v) is 9.06. The van der Waals surface area contributed by atoms with Crippen molar-refractivity contribution < 1.29 is 4.74 Å². The molecule has 8 heteroatoms. The zero-order chi connectivity index (χ0) is 18.3. The summed E-state index contributed by atoms with van der Waals surface area (Å²) in [7, 11) is 0. The van der Waals surface area contributed by atoms with Crippen LogP contribution in [0.4, 0.5) is 0 Å². The van der Waals surface area contributed by atoms with Crippen LogP contribution in [0.15, 0.2) is 40.2 Å². The van der Waals surface area contributed by atoms with E-state index >= 15 is 0 Å². The Morgan fingerprint density at radius 1 is 1.27 bits per heavy atom. The van der Waals surface area contributed by atoms with Crippen molar-refractivity contribution in [2.75, 3.05) is 6.61 Å². The van der Waals surface area contributed by atoms with Crippen molar-refractivity contribution in [3.8, 4) is 5.69 Å². The van der Waals surface area contributed by atoms with E-state index in [4.69, 9.17) is 16.3 Å². The van der Waals surface area contributed by atoms with E-state index in [2.05, 4.69) is 4.98 Å². The number of nitrogens with zero attached hydrogens (tertiary/aromatic N) is 4. The van der Waals surface area contributed by atoms with Gasteiger partial charge in [-0.15, -0.1) is 0 Å². The quantitative estimate of drug-likeness (QED) is 0.702. The highest BCUT2D eigenvalue weighted by atomic mass is 35.5. The first-order valence-electron chi connectivity index (χ1n) is 8.68. The molecule has 26 heavy (non-hydrogen) atoms. The van der Waals surface area contributed by atoms with Gasteiger partial charge < -0.3 is 9.30 Å². The standard InChI is InChI=1S/C18H19ClN4O3/c1-2-21-11-20-16-15(21)17(24)22(10-14-4-3-9-26-14)18(25)23(16)13-7-5-12(19)6-8-13/h5-8,11,14H,2-4,9-10H2,1H3/t14-/m1/s1. The van der Waals surface area contributed by atoms with Crippen LogP contribution in [-0.4, -0.2) is 31.4 Å².